The van der Waals surface area contributed by atoms with Crippen molar-refractivity contribution >= 4 is 16.8 Å². The molecule has 0 bridgehead atoms. The van der Waals surface area contributed by atoms with Gasteiger partial charge in [0, 0.05) is 17.2 Å². The highest BCUT2D eigenvalue weighted by molar-refractivity contribution is 7.90. The third-order valence-electron chi connectivity index (χ3n) is 1.74. The van der Waals surface area contributed by atoms with E-state index in [4.69, 9.17) is 5.26 Å². The molecule has 2 heterocycles. The van der Waals surface area contributed by atoms with Crippen LogP contribution >= 0.6 is 0 Å². The molecule has 0 aliphatic rings. The Hall–Kier alpha value is -1.58. The molecule has 2 aromatic heterocycles. The van der Waals surface area contributed by atoms with Crippen LogP contribution in [-0.4, -0.2) is 25.4 Å². The van der Waals surface area contributed by atoms with Gasteiger partial charge in [-0.15, -0.1) is 0 Å². The van der Waals surface area contributed by atoms with Crippen LogP contribution in [-0.2, 0) is 11.2 Å². The SMILES string of the molecule is C[S+]([O-])c1nc2ccnn2cc1C#N. The molecule has 0 aliphatic carbocycles. The molecule has 2 aromatic rings. The summed E-state index contributed by atoms with van der Waals surface area (Å²) in [6, 6.07) is 3.63. The van der Waals surface area contributed by atoms with Crippen LogP contribution in [0.2, 0.25) is 0 Å². The van der Waals surface area contributed by atoms with E-state index in [9.17, 15) is 4.55 Å². The average Bonchev–Trinajstić information content (AvgIpc) is 2.62. The Morgan fingerprint density at radius 3 is 3.07 bits per heavy atom. The Morgan fingerprint density at radius 2 is 2.43 bits per heavy atom. The molecule has 0 spiro atoms. The standard InChI is InChI=1S/C8H6N4OS/c1-14(13)8-6(4-9)5-12-7(11-8)2-3-10-12/h2-3,5H,1H3. The minimum absolute atomic E-state index is 0.294. The van der Waals surface area contributed by atoms with Gasteiger partial charge in [-0.3, -0.25) is 0 Å². The molecule has 0 N–H and O–H groups in total. The molecular weight excluding hydrogens is 200 g/mol. The third kappa shape index (κ3) is 1.32. The van der Waals surface area contributed by atoms with Gasteiger partial charge in [0.15, 0.2) is 5.65 Å². The lowest BCUT2D eigenvalue weighted by Gasteiger charge is -2.04. The quantitative estimate of drug-likeness (QED) is 0.498. The van der Waals surface area contributed by atoms with Crippen LogP contribution in [0.3, 0.4) is 0 Å². The Balaban J connectivity index is 2.74. The summed E-state index contributed by atoms with van der Waals surface area (Å²) in [5.41, 5.74) is 0.885. The maximum Gasteiger partial charge on any atom is 0.265 e. The van der Waals surface area contributed by atoms with Crippen LogP contribution in [0.5, 0.6) is 0 Å². The van der Waals surface area contributed by atoms with E-state index in [0.717, 1.165) is 0 Å². The third-order valence-corrected chi connectivity index (χ3v) is 2.60. The first-order valence-corrected chi connectivity index (χ1v) is 5.36. The number of rotatable bonds is 1. The van der Waals surface area contributed by atoms with Crippen LogP contribution in [0.15, 0.2) is 23.5 Å². The fourth-order valence-electron chi connectivity index (χ4n) is 1.13. The zero-order chi connectivity index (χ0) is 10.1. The molecule has 0 aromatic carbocycles. The topological polar surface area (TPSA) is 77.0 Å². The largest absolute Gasteiger partial charge is 0.610 e. The molecule has 0 aliphatic heterocycles. The molecule has 70 valence electrons. The second kappa shape index (κ2) is 3.29. The first kappa shape index (κ1) is 8.99. The van der Waals surface area contributed by atoms with Crippen molar-refractivity contribution in [3.8, 4) is 6.07 Å². The predicted octanol–water partition coefficient (Wildman–Crippen LogP) is 0.338. The second-order valence-electron chi connectivity index (χ2n) is 2.66. The van der Waals surface area contributed by atoms with Crippen molar-refractivity contribution in [2.45, 2.75) is 5.03 Å². The molecule has 0 amide bonds. The number of nitrogens with zero attached hydrogens (tertiary/aromatic N) is 4. The zero-order valence-electron chi connectivity index (χ0n) is 7.34. The molecule has 1 atom stereocenters. The molecule has 0 saturated carbocycles. The van der Waals surface area contributed by atoms with Crippen LogP contribution in [0, 0.1) is 11.3 Å². The van der Waals surface area contributed by atoms with E-state index >= 15 is 0 Å². The highest BCUT2D eigenvalue weighted by atomic mass is 32.2. The summed E-state index contributed by atoms with van der Waals surface area (Å²) in [6.45, 7) is 0. The van der Waals surface area contributed by atoms with Gasteiger partial charge in [0.1, 0.15) is 17.9 Å². The van der Waals surface area contributed by atoms with Gasteiger partial charge in [-0.05, 0) is 0 Å². The van der Waals surface area contributed by atoms with E-state index in [2.05, 4.69) is 10.1 Å². The van der Waals surface area contributed by atoms with E-state index < -0.39 is 11.2 Å². The van der Waals surface area contributed by atoms with Crippen molar-refractivity contribution in [3.05, 3.63) is 24.0 Å². The van der Waals surface area contributed by atoms with Gasteiger partial charge < -0.3 is 4.55 Å². The Kier molecular flexibility index (Phi) is 2.11. The van der Waals surface area contributed by atoms with E-state index in [0.29, 0.717) is 16.2 Å². The second-order valence-corrected chi connectivity index (χ2v) is 3.95. The summed E-state index contributed by atoms with van der Waals surface area (Å²) >= 11 is -1.26. The van der Waals surface area contributed by atoms with E-state index in [1.165, 1.54) is 17.0 Å². The van der Waals surface area contributed by atoms with E-state index in [-0.39, 0.29) is 0 Å². The van der Waals surface area contributed by atoms with Crippen molar-refractivity contribution in [1.29, 1.82) is 5.26 Å². The molecule has 1 unspecified atom stereocenters. The lowest BCUT2D eigenvalue weighted by atomic mass is 10.4. The number of hydrogen-bond donors (Lipinski definition) is 0. The van der Waals surface area contributed by atoms with Crippen molar-refractivity contribution in [2.24, 2.45) is 0 Å². The molecule has 2 rings (SSSR count). The van der Waals surface area contributed by atoms with Gasteiger partial charge in [0.2, 0.25) is 0 Å². The minimum Gasteiger partial charge on any atom is -0.610 e. The molecule has 0 saturated heterocycles. The van der Waals surface area contributed by atoms with Crippen molar-refractivity contribution in [1.82, 2.24) is 14.6 Å². The lowest BCUT2D eigenvalue weighted by Crippen LogP contribution is -2.06. The first-order valence-electron chi connectivity index (χ1n) is 3.80. The fraction of sp³-hybridized carbons (Fsp3) is 0.125. The summed E-state index contributed by atoms with van der Waals surface area (Å²) in [5, 5.41) is 13.0. The molecule has 14 heavy (non-hydrogen) atoms. The summed E-state index contributed by atoms with van der Waals surface area (Å²) < 4.78 is 12.7. The monoisotopic (exact) mass is 206 g/mol. The lowest BCUT2D eigenvalue weighted by molar-refractivity contribution is 0.596. The van der Waals surface area contributed by atoms with Crippen molar-refractivity contribution < 1.29 is 4.55 Å². The Bertz CT molecular complexity index is 514. The molecule has 0 fully saturated rings. The average molecular weight is 206 g/mol. The predicted molar refractivity (Wildman–Crippen MR) is 50.0 cm³/mol. The molecular formula is C8H6N4OS. The van der Waals surface area contributed by atoms with Crippen LogP contribution in [0.1, 0.15) is 5.56 Å². The van der Waals surface area contributed by atoms with Crippen molar-refractivity contribution in [3.63, 3.8) is 0 Å². The van der Waals surface area contributed by atoms with Gasteiger partial charge in [-0.2, -0.15) is 15.3 Å². The van der Waals surface area contributed by atoms with Crippen molar-refractivity contribution in [2.75, 3.05) is 6.26 Å². The Labute approximate surface area is 83.2 Å². The summed E-state index contributed by atoms with van der Waals surface area (Å²) in [4.78, 5) is 4.08. The highest BCUT2D eigenvalue weighted by Crippen LogP contribution is 2.13. The number of nitriles is 1. The smallest absolute Gasteiger partial charge is 0.265 e. The number of fused-ring (bicyclic) bond motifs is 1. The van der Waals surface area contributed by atoms with Gasteiger partial charge in [0.25, 0.3) is 5.03 Å². The Morgan fingerprint density at radius 1 is 1.64 bits per heavy atom. The van der Waals surface area contributed by atoms with Gasteiger partial charge >= 0.3 is 0 Å². The normalized spacial score (nSPS) is 12.6. The maximum absolute atomic E-state index is 11.3. The van der Waals surface area contributed by atoms with Gasteiger partial charge in [-0.1, -0.05) is 0 Å². The number of hydrogen-bond acceptors (Lipinski definition) is 4. The molecule has 0 radical (unpaired) electrons. The summed E-state index contributed by atoms with van der Waals surface area (Å²) in [7, 11) is 0. The summed E-state index contributed by atoms with van der Waals surface area (Å²) in [5.74, 6) is 0. The summed E-state index contributed by atoms with van der Waals surface area (Å²) in [6.07, 6.45) is 4.60. The molecule has 6 heteroatoms. The zero-order valence-corrected chi connectivity index (χ0v) is 8.15. The van der Waals surface area contributed by atoms with E-state index in [1.807, 2.05) is 6.07 Å². The van der Waals surface area contributed by atoms with Crippen LogP contribution in [0.4, 0.5) is 0 Å². The maximum atomic E-state index is 11.3. The van der Waals surface area contributed by atoms with Gasteiger partial charge in [0.05, 0.1) is 12.4 Å². The minimum atomic E-state index is -1.26. The fourth-order valence-corrected chi connectivity index (χ4v) is 1.76. The van der Waals surface area contributed by atoms with Gasteiger partial charge in [-0.25, -0.2) is 4.52 Å². The number of aromatic nitrogens is 3. The molecule has 5 nitrogen and oxygen atoms in total. The first-order chi connectivity index (χ1) is 6.72. The van der Waals surface area contributed by atoms with Crippen LogP contribution < -0.4 is 0 Å². The van der Waals surface area contributed by atoms with Crippen LogP contribution in [0.25, 0.3) is 5.65 Å². The highest BCUT2D eigenvalue weighted by Gasteiger charge is 2.15. The van der Waals surface area contributed by atoms with E-state index in [1.54, 1.807) is 12.3 Å².